The van der Waals surface area contributed by atoms with Crippen LogP contribution in [-0.2, 0) is 26.4 Å². The summed E-state index contributed by atoms with van der Waals surface area (Å²) < 4.78 is 44.9. The summed E-state index contributed by atoms with van der Waals surface area (Å²) in [5.41, 5.74) is 0.512. The highest BCUT2D eigenvalue weighted by molar-refractivity contribution is 7.90. The zero-order valence-corrected chi connectivity index (χ0v) is 21.4. The van der Waals surface area contributed by atoms with Crippen molar-refractivity contribution in [2.45, 2.75) is 11.5 Å². The van der Waals surface area contributed by atoms with Crippen molar-refractivity contribution in [2.24, 2.45) is 7.05 Å². The molecular formula is C23H27FN6O6S. The van der Waals surface area contributed by atoms with Crippen molar-refractivity contribution < 1.29 is 32.2 Å². The molecule has 1 aromatic carbocycles. The molecule has 2 aliphatic heterocycles. The molecule has 12 nitrogen and oxygen atoms in total. The van der Waals surface area contributed by atoms with Gasteiger partial charge in [-0.05, 0) is 18.2 Å². The van der Waals surface area contributed by atoms with Crippen LogP contribution in [0.5, 0.6) is 0 Å². The number of morpholine rings is 1. The number of amides is 2. The Morgan fingerprint density at radius 3 is 2.65 bits per heavy atom. The first-order valence-corrected chi connectivity index (χ1v) is 13.2. The summed E-state index contributed by atoms with van der Waals surface area (Å²) >= 11 is 0. The number of anilines is 2. The van der Waals surface area contributed by atoms with Crippen molar-refractivity contribution >= 4 is 33.2 Å². The van der Waals surface area contributed by atoms with Crippen LogP contribution in [0.4, 0.5) is 15.9 Å². The second-order valence-corrected chi connectivity index (χ2v) is 10.7. The van der Waals surface area contributed by atoms with Gasteiger partial charge in [-0.15, -0.1) is 0 Å². The number of imidazole rings is 1. The van der Waals surface area contributed by atoms with Crippen LogP contribution in [0.1, 0.15) is 16.1 Å². The molecular weight excluding hydrogens is 507 g/mol. The minimum atomic E-state index is -3.75. The molecule has 1 aromatic heterocycles. The SMILES string of the molecule is CN1C(=O)c2c(nc(S(C)(=O)=O)n2C)N(CC#Cc2cc(F)cc(NC(=O)CN3CCOCC3)c2)C1O. The minimum absolute atomic E-state index is 0.00829. The highest BCUT2D eigenvalue weighted by Gasteiger charge is 2.40. The first kappa shape index (κ1) is 26.6. The number of ether oxygens (including phenoxy) is 1. The molecule has 0 aliphatic carbocycles. The third kappa shape index (κ3) is 5.75. The predicted molar refractivity (Wildman–Crippen MR) is 131 cm³/mol. The van der Waals surface area contributed by atoms with Crippen LogP contribution in [0.25, 0.3) is 0 Å². The fourth-order valence-corrected chi connectivity index (χ4v) is 4.95. The summed E-state index contributed by atoms with van der Waals surface area (Å²) in [6, 6.07) is 3.90. The van der Waals surface area contributed by atoms with E-state index >= 15 is 0 Å². The van der Waals surface area contributed by atoms with Gasteiger partial charge in [-0.25, -0.2) is 12.8 Å². The zero-order valence-electron chi connectivity index (χ0n) is 20.6. The summed E-state index contributed by atoms with van der Waals surface area (Å²) in [5, 5.41) is 13.0. The van der Waals surface area contributed by atoms with E-state index in [0.717, 1.165) is 15.7 Å². The lowest BCUT2D eigenvalue weighted by Gasteiger charge is -2.37. The number of aliphatic hydroxyl groups is 1. The lowest BCUT2D eigenvalue weighted by Crippen LogP contribution is -2.54. The second kappa shape index (κ2) is 10.5. The fraction of sp³-hybridized carbons (Fsp3) is 0.435. The number of carbonyl (C=O) groups is 2. The van der Waals surface area contributed by atoms with Crippen LogP contribution in [0.3, 0.4) is 0 Å². The maximum absolute atomic E-state index is 14.2. The normalized spacial score (nSPS) is 18.3. The molecule has 2 N–H and O–H groups in total. The number of fused-ring (bicyclic) bond motifs is 1. The van der Waals surface area contributed by atoms with Gasteiger partial charge >= 0.3 is 0 Å². The number of rotatable bonds is 5. The maximum Gasteiger partial charge on any atom is 0.277 e. The second-order valence-electron chi connectivity index (χ2n) is 8.76. The molecule has 2 aliphatic rings. The van der Waals surface area contributed by atoms with E-state index < -0.39 is 27.9 Å². The van der Waals surface area contributed by atoms with Gasteiger partial charge in [0.2, 0.25) is 27.3 Å². The van der Waals surface area contributed by atoms with Crippen molar-refractivity contribution in [3.63, 3.8) is 0 Å². The third-order valence-electron chi connectivity index (χ3n) is 5.92. The van der Waals surface area contributed by atoms with E-state index in [1.165, 1.54) is 37.2 Å². The predicted octanol–water partition coefficient (Wildman–Crippen LogP) is -0.547. The monoisotopic (exact) mass is 534 g/mol. The van der Waals surface area contributed by atoms with Crippen LogP contribution in [-0.4, -0.2) is 104 Å². The average Bonchev–Trinajstić information content (AvgIpc) is 3.17. The van der Waals surface area contributed by atoms with Gasteiger partial charge < -0.3 is 24.6 Å². The van der Waals surface area contributed by atoms with Gasteiger partial charge in [-0.1, -0.05) is 11.8 Å². The van der Waals surface area contributed by atoms with Crippen LogP contribution in [0, 0.1) is 17.7 Å². The number of sulfone groups is 1. The molecule has 37 heavy (non-hydrogen) atoms. The lowest BCUT2D eigenvalue weighted by atomic mass is 10.2. The van der Waals surface area contributed by atoms with Crippen molar-refractivity contribution in [3.8, 4) is 11.8 Å². The molecule has 1 saturated heterocycles. The Hall–Kier alpha value is -3.51. The van der Waals surface area contributed by atoms with Crippen LogP contribution in [0.2, 0.25) is 0 Å². The van der Waals surface area contributed by atoms with Gasteiger partial charge in [0.15, 0.2) is 11.5 Å². The van der Waals surface area contributed by atoms with Gasteiger partial charge in [0.25, 0.3) is 5.91 Å². The van der Waals surface area contributed by atoms with Gasteiger partial charge in [-0.2, -0.15) is 4.98 Å². The van der Waals surface area contributed by atoms with E-state index in [1.807, 2.05) is 4.90 Å². The number of aromatic nitrogens is 2. The zero-order chi connectivity index (χ0) is 26.9. The molecule has 4 rings (SSSR count). The standard InChI is InChI=1S/C23H27FN6O6S/c1-27-19-20(26-22(27)37(3,34)35)30(23(33)28(2)21(19)32)6-4-5-15-11-16(24)13-17(12-15)25-18(31)14-29-7-9-36-10-8-29/h11-13,23,33H,6-10,14H2,1-3H3,(H,25,31). The highest BCUT2D eigenvalue weighted by Crippen LogP contribution is 2.30. The van der Waals surface area contributed by atoms with Gasteiger partial charge in [0.1, 0.15) is 5.82 Å². The molecule has 1 unspecified atom stereocenters. The largest absolute Gasteiger partial charge is 0.379 e. The summed E-state index contributed by atoms with van der Waals surface area (Å²) in [4.78, 5) is 33.4. The number of benzene rings is 1. The Morgan fingerprint density at radius 1 is 1.27 bits per heavy atom. The Bertz CT molecular complexity index is 1390. The Labute approximate surface area is 213 Å². The van der Waals surface area contributed by atoms with E-state index in [9.17, 15) is 27.5 Å². The van der Waals surface area contributed by atoms with E-state index in [0.29, 0.717) is 26.3 Å². The Kier molecular flexibility index (Phi) is 7.51. The topological polar surface area (TPSA) is 137 Å². The summed E-state index contributed by atoms with van der Waals surface area (Å²) in [6.45, 7) is 2.39. The quantitative estimate of drug-likeness (QED) is 0.484. The highest BCUT2D eigenvalue weighted by atomic mass is 32.2. The molecule has 3 heterocycles. The van der Waals surface area contributed by atoms with Crippen molar-refractivity contribution in [2.75, 3.05) is 62.9 Å². The van der Waals surface area contributed by atoms with Crippen molar-refractivity contribution in [3.05, 3.63) is 35.3 Å². The van der Waals surface area contributed by atoms with E-state index in [2.05, 4.69) is 22.1 Å². The van der Waals surface area contributed by atoms with Gasteiger partial charge in [0, 0.05) is 44.7 Å². The first-order valence-electron chi connectivity index (χ1n) is 11.3. The number of nitrogens with zero attached hydrogens (tertiary/aromatic N) is 5. The molecule has 1 fully saturated rings. The minimum Gasteiger partial charge on any atom is -0.379 e. The van der Waals surface area contributed by atoms with Crippen molar-refractivity contribution in [1.29, 1.82) is 0 Å². The molecule has 0 saturated carbocycles. The number of hydrogen-bond donors (Lipinski definition) is 2. The fourth-order valence-electron chi connectivity index (χ4n) is 4.11. The Morgan fingerprint density at radius 2 is 1.97 bits per heavy atom. The number of nitrogens with one attached hydrogen (secondary N) is 1. The molecule has 198 valence electrons. The van der Waals surface area contributed by atoms with Gasteiger partial charge in [0.05, 0.1) is 26.3 Å². The smallest absolute Gasteiger partial charge is 0.277 e. The number of halogens is 1. The molecule has 0 spiro atoms. The van der Waals surface area contributed by atoms with Crippen LogP contribution >= 0.6 is 0 Å². The van der Waals surface area contributed by atoms with Crippen LogP contribution in [0.15, 0.2) is 23.4 Å². The summed E-state index contributed by atoms with van der Waals surface area (Å²) in [6.07, 6.45) is -0.476. The third-order valence-corrected chi connectivity index (χ3v) is 6.95. The average molecular weight is 535 g/mol. The molecule has 2 aromatic rings. The van der Waals surface area contributed by atoms with Gasteiger partial charge in [-0.3, -0.25) is 19.4 Å². The number of hydrogen-bond acceptors (Lipinski definition) is 9. The lowest BCUT2D eigenvalue weighted by molar-refractivity contribution is -0.118. The van der Waals surface area contributed by atoms with E-state index in [-0.39, 0.29) is 46.9 Å². The maximum atomic E-state index is 14.2. The number of aliphatic hydroxyl groups excluding tert-OH is 1. The molecule has 14 heteroatoms. The molecule has 1 atom stereocenters. The molecule has 2 amide bonds. The number of carbonyl (C=O) groups excluding carboxylic acids is 2. The molecule has 0 radical (unpaired) electrons. The van der Waals surface area contributed by atoms with E-state index in [4.69, 9.17) is 4.74 Å². The molecule has 0 bridgehead atoms. The van der Waals surface area contributed by atoms with E-state index in [1.54, 1.807) is 0 Å². The summed E-state index contributed by atoms with van der Waals surface area (Å²) in [7, 11) is -0.988. The summed E-state index contributed by atoms with van der Waals surface area (Å²) in [5.74, 6) is 4.07. The Balaban J connectivity index is 1.53. The van der Waals surface area contributed by atoms with Crippen molar-refractivity contribution in [1.82, 2.24) is 19.4 Å². The first-order chi connectivity index (χ1) is 17.5. The van der Waals surface area contributed by atoms with Crippen LogP contribution < -0.4 is 10.2 Å².